The largest absolute Gasteiger partial charge is 0.469 e. The zero-order valence-corrected chi connectivity index (χ0v) is 9.45. The first kappa shape index (κ1) is 9.71. The maximum Gasteiger partial charge on any atom is 0.309 e. The fourth-order valence-electron chi connectivity index (χ4n) is 1.73. The Morgan fingerprint density at radius 1 is 1.50 bits per heavy atom. The molecule has 3 heteroatoms. The van der Waals surface area contributed by atoms with Gasteiger partial charge in [-0.3, -0.25) is 4.79 Å². The molecular formula is C11H11BrO2. The third kappa shape index (κ3) is 1.69. The Hall–Kier alpha value is -0.830. The molecule has 2 rings (SSSR count). The number of esters is 1. The van der Waals surface area contributed by atoms with Gasteiger partial charge in [-0.05, 0) is 24.0 Å². The van der Waals surface area contributed by atoms with Crippen molar-refractivity contribution in [2.75, 3.05) is 7.11 Å². The number of methoxy groups -OCH3 is 1. The Morgan fingerprint density at radius 3 is 2.86 bits per heavy atom. The summed E-state index contributed by atoms with van der Waals surface area (Å²) in [7, 11) is 1.44. The highest BCUT2D eigenvalue weighted by Crippen LogP contribution is 2.49. The highest BCUT2D eigenvalue weighted by atomic mass is 79.9. The lowest BCUT2D eigenvalue weighted by Crippen LogP contribution is -2.03. The summed E-state index contributed by atoms with van der Waals surface area (Å²) in [6.07, 6.45) is 0.912. The predicted octanol–water partition coefficient (Wildman–Crippen LogP) is 2.73. The lowest BCUT2D eigenvalue weighted by atomic mass is 10.1. The Morgan fingerprint density at radius 2 is 2.21 bits per heavy atom. The normalized spacial score (nSPS) is 24.4. The van der Waals surface area contributed by atoms with Crippen LogP contribution in [-0.2, 0) is 9.53 Å². The molecule has 1 aromatic carbocycles. The van der Waals surface area contributed by atoms with Crippen LogP contribution in [0.3, 0.4) is 0 Å². The van der Waals surface area contributed by atoms with Crippen LogP contribution < -0.4 is 0 Å². The quantitative estimate of drug-likeness (QED) is 0.759. The van der Waals surface area contributed by atoms with Crippen LogP contribution in [0, 0.1) is 5.92 Å². The lowest BCUT2D eigenvalue weighted by Gasteiger charge is -2.02. The summed E-state index contributed by atoms with van der Waals surface area (Å²) in [6, 6.07) is 8.02. The van der Waals surface area contributed by atoms with E-state index in [1.165, 1.54) is 12.7 Å². The second kappa shape index (κ2) is 3.73. The van der Waals surface area contributed by atoms with E-state index in [9.17, 15) is 4.79 Å². The van der Waals surface area contributed by atoms with Crippen LogP contribution in [0.5, 0.6) is 0 Å². The van der Waals surface area contributed by atoms with Gasteiger partial charge in [0.15, 0.2) is 0 Å². The minimum atomic E-state index is -0.0919. The molecule has 2 nitrogen and oxygen atoms in total. The van der Waals surface area contributed by atoms with Crippen molar-refractivity contribution in [2.24, 2.45) is 5.92 Å². The van der Waals surface area contributed by atoms with E-state index in [4.69, 9.17) is 4.74 Å². The van der Waals surface area contributed by atoms with Gasteiger partial charge < -0.3 is 4.74 Å². The average molecular weight is 255 g/mol. The van der Waals surface area contributed by atoms with E-state index in [1.54, 1.807) is 0 Å². The molecule has 1 fully saturated rings. The van der Waals surface area contributed by atoms with Crippen LogP contribution in [-0.4, -0.2) is 13.1 Å². The number of carbonyl (C=O) groups excluding carboxylic acids is 1. The number of halogens is 1. The zero-order valence-electron chi connectivity index (χ0n) is 7.87. The molecule has 1 aliphatic rings. The van der Waals surface area contributed by atoms with Crippen LogP contribution in [0.2, 0.25) is 0 Å². The van der Waals surface area contributed by atoms with Gasteiger partial charge in [0.1, 0.15) is 0 Å². The third-order valence-corrected chi connectivity index (χ3v) is 3.32. The van der Waals surface area contributed by atoms with E-state index in [1.807, 2.05) is 18.2 Å². The summed E-state index contributed by atoms with van der Waals surface area (Å²) in [5, 5.41) is 0. The van der Waals surface area contributed by atoms with E-state index in [0.29, 0.717) is 5.92 Å². The second-order valence-electron chi connectivity index (χ2n) is 3.49. The standard InChI is InChI=1S/C11H11BrO2/c1-14-11(13)9-6-8(9)7-4-2-3-5-10(7)12/h2-5,8-9H,6H2,1H3. The van der Waals surface area contributed by atoms with E-state index < -0.39 is 0 Å². The Balaban J connectivity index is 2.13. The molecule has 14 heavy (non-hydrogen) atoms. The molecule has 2 unspecified atom stereocenters. The SMILES string of the molecule is COC(=O)C1CC1c1ccccc1Br. The van der Waals surface area contributed by atoms with Crippen molar-refractivity contribution in [3.63, 3.8) is 0 Å². The zero-order chi connectivity index (χ0) is 10.1. The van der Waals surface area contributed by atoms with Gasteiger partial charge >= 0.3 is 5.97 Å². The predicted molar refractivity (Wildman–Crippen MR) is 57.0 cm³/mol. The summed E-state index contributed by atoms with van der Waals surface area (Å²) < 4.78 is 5.79. The molecule has 0 bridgehead atoms. The van der Waals surface area contributed by atoms with E-state index >= 15 is 0 Å². The molecule has 0 amide bonds. The molecule has 0 heterocycles. The number of hydrogen-bond acceptors (Lipinski definition) is 2. The van der Waals surface area contributed by atoms with E-state index in [2.05, 4.69) is 22.0 Å². The first-order valence-electron chi connectivity index (χ1n) is 4.56. The highest BCUT2D eigenvalue weighted by molar-refractivity contribution is 9.10. The fourth-order valence-corrected chi connectivity index (χ4v) is 2.31. The topological polar surface area (TPSA) is 26.3 Å². The van der Waals surface area contributed by atoms with Crippen LogP contribution in [0.15, 0.2) is 28.7 Å². The Labute approximate surface area is 91.4 Å². The highest BCUT2D eigenvalue weighted by Gasteiger charge is 2.45. The molecule has 0 saturated heterocycles. The Kier molecular flexibility index (Phi) is 2.59. The molecule has 0 N–H and O–H groups in total. The molecule has 0 aliphatic heterocycles. The van der Waals surface area contributed by atoms with Crippen LogP contribution in [0.1, 0.15) is 17.9 Å². The van der Waals surface area contributed by atoms with Crippen molar-refractivity contribution >= 4 is 21.9 Å². The van der Waals surface area contributed by atoms with Crippen molar-refractivity contribution in [1.82, 2.24) is 0 Å². The molecule has 1 saturated carbocycles. The molecule has 0 aromatic heterocycles. The molecular weight excluding hydrogens is 244 g/mol. The molecule has 1 aromatic rings. The maximum atomic E-state index is 11.2. The van der Waals surface area contributed by atoms with Crippen molar-refractivity contribution < 1.29 is 9.53 Å². The third-order valence-electron chi connectivity index (χ3n) is 2.60. The first-order chi connectivity index (χ1) is 6.74. The van der Waals surface area contributed by atoms with Gasteiger partial charge in [0.2, 0.25) is 0 Å². The number of rotatable bonds is 2. The summed E-state index contributed by atoms with van der Waals surface area (Å²) in [5.41, 5.74) is 1.21. The molecule has 0 spiro atoms. The average Bonchev–Trinajstić information content (AvgIpc) is 2.97. The number of ether oxygens (including phenoxy) is 1. The molecule has 0 radical (unpaired) electrons. The Bertz CT molecular complexity index is 362. The minimum absolute atomic E-state index is 0.0682. The van der Waals surface area contributed by atoms with Crippen LogP contribution in [0.4, 0.5) is 0 Å². The van der Waals surface area contributed by atoms with Crippen molar-refractivity contribution in [2.45, 2.75) is 12.3 Å². The molecule has 1 aliphatic carbocycles. The van der Waals surface area contributed by atoms with Crippen LogP contribution in [0.25, 0.3) is 0 Å². The van der Waals surface area contributed by atoms with Crippen molar-refractivity contribution in [3.05, 3.63) is 34.3 Å². The van der Waals surface area contributed by atoms with E-state index in [-0.39, 0.29) is 11.9 Å². The summed E-state index contributed by atoms with van der Waals surface area (Å²) in [4.78, 5) is 11.2. The summed E-state index contributed by atoms with van der Waals surface area (Å²) in [5.74, 6) is 0.322. The van der Waals surface area contributed by atoms with Crippen molar-refractivity contribution in [3.8, 4) is 0 Å². The van der Waals surface area contributed by atoms with Crippen molar-refractivity contribution in [1.29, 1.82) is 0 Å². The first-order valence-corrected chi connectivity index (χ1v) is 5.35. The minimum Gasteiger partial charge on any atom is -0.469 e. The van der Waals surface area contributed by atoms with Gasteiger partial charge in [0, 0.05) is 4.47 Å². The lowest BCUT2D eigenvalue weighted by molar-refractivity contribution is -0.142. The van der Waals surface area contributed by atoms with Gasteiger partial charge in [0.05, 0.1) is 13.0 Å². The van der Waals surface area contributed by atoms with Gasteiger partial charge in [-0.1, -0.05) is 34.1 Å². The summed E-state index contributed by atoms with van der Waals surface area (Å²) >= 11 is 3.48. The monoisotopic (exact) mass is 254 g/mol. The number of hydrogen-bond donors (Lipinski definition) is 0. The summed E-state index contributed by atoms with van der Waals surface area (Å²) in [6.45, 7) is 0. The van der Waals surface area contributed by atoms with Crippen LogP contribution >= 0.6 is 15.9 Å². The molecule has 74 valence electrons. The van der Waals surface area contributed by atoms with Gasteiger partial charge in [-0.2, -0.15) is 0 Å². The number of carbonyl (C=O) groups is 1. The van der Waals surface area contributed by atoms with Gasteiger partial charge in [0.25, 0.3) is 0 Å². The van der Waals surface area contributed by atoms with Gasteiger partial charge in [-0.15, -0.1) is 0 Å². The smallest absolute Gasteiger partial charge is 0.309 e. The maximum absolute atomic E-state index is 11.2. The number of benzene rings is 1. The van der Waals surface area contributed by atoms with Gasteiger partial charge in [-0.25, -0.2) is 0 Å². The second-order valence-corrected chi connectivity index (χ2v) is 4.35. The van der Waals surface area contributed by atoms with E-state index in [0.717, 1.165) is 10.9 Å². The fraction of sp³-hybridized carbons (Fsp3) is 0.364. The molecule has 2 atom stereocenters.